The van der Waals surface area contributed by atoms with Gasteiger partial charge in [0.15, 0.2) is 0 Å². The predicted octanol–water partition coefficient (Wildman–Crippen LogP) is 3.16. The first kappa shape index (κ1) is 21.2. The summed E-state index contributed by atoms with van der Waals surface area (Å²) in [7, 11) is 0. The first-order valence-electron chi connectivity index (χ1n) is 8.77. The molecule has 0 radical (unpaired) electrons. The Kier molecular flexibility index (Phi) is 5.95. The molecule has 3 aromatic rings. The molecule has 0 bridgehead atoms. The van der Waals surface area contributed by atoms with Crippen molar-refractivity contribution in [2.75, 3.05) is 0 Å². The minimum Gasteiger partial charge on any atom is -0.352 e. The van der Waals surface area contributed by atoms with E-state index in [0.717, 1.165) is 12.1 Å². The van der Waals surface area contributed by atoms with Gasteiger partial charge in [0.25, 0.3) is 5.56 Å². The summed E-state index contributed by atoms with van der Waals surface area (Å²) >= 11 is 0. The van der Waals surface area contributed by atoms with E-state index in [1.807, 2.05) is 0 Å². The number of benzene rings is 1. The Morgan fingerprint density at radius 2 is 2.00 bits per heavy atom. The molecule has 0 aliphatic carbocycles. The molecule has 3 rings (SSSR count). The Morgan fingerprint density at radius 3 is 2.63 bits per heavy atom. The second-order valence-electron chi connectivity index (χ2n) is 6.47. The summed E-state index contributed by atoms with van der Waals surface area (Å²) < 4.78 is 52.3. The van der Waals surface area contributed by atoms with Crippen molar-refractivity contribution < 1.29 is 22.4 Å². The lowest BCUT2D eigenvalue weighted by Gasteiger charge is -2.14. The Morgan fingerprint density at radius 1 is 1.23 bits per heavy atom. The van der Waals surface area contributed by atoms with Crippen LogP contribution >= 0.6 is 0 Å². The van der Waals surface area contributed by atoms with E-state index in [1.54, 1.807) is 25.3 Å². The number of amides is 1. The van der Waals surface area contributed by atoms with Crippen LogP contribution in [0.15, 0.2) is 47.5 Å². The topological polar surface area (TPSA) is 87.7 Å². The van der Waals surface area contributed by atoms with E-state index in [2.05, 4.69) is 20.3 Å². The number of carbonyl (C=O) groups excluding carboxylic acids is 1. The maximum absolute atomic E-state index is 13.2. The maximum atomic E-state index is 13.2. The molecule has 0 fully saturated rings. The van der Waals surface area contributed by atoms with Crippen LogP contribution in [-0.4, -0.2) is 20.9 Å². The summed E-state index contributed by atoms with van der Waals surface area (Å²) in [6.07, 6.45) is -2.05. The summed E-state index contributed by atoms with van der Waals surface area (Å²) in [5.41, 5.74) is -0.994. The number of aromatic amines is 1. The number of pyridine rings is 1. The van der Waals surface area contributed by atoms with Crippen molar-refractivity contribution >= 4 is 5.91 Å². The second-order valence-corrected chi connectivity index (χ2v) is 6.47. The molecule has 0 unspecified atom stereocenters. The van der Waals surface area contributed by atoms with Crippen molar-refractivity contribution in [2.24, 2.45) is 0 Å². The number of H-pyrrole nitrogens is 1. The smallest absolute Gasteiger partial charge is 0.352 e. The monoisotopic (exact) mass is 420 g/mol. The zero-order valence-electron chi connectivity index (χ0n) is 15.7. The van der Waals surface area contributed by atoms with Gasteiger partial charge in [-0.25, -0.2) is 9.37 Å². The van der Waals surface area contributed by atoms with Crippen LogP contribution in [0.2, 0.25) is 0 Å². The van der Waals surface area contributed by atoms with Gasteiger partial charge in [-0.1, -0.05) is 6.07 Å². The molecule has 1 amide bonds. The summed E-state index contributed by atoms with van der Waals surface area (Å²) in [5, 5.41) is 2.33. The third-order valence-corrected chi connectivity index (χ3v) is 4.35. The van der Waals surface area contributed by atoms with Crippen LogP contribution in [-0.2, 0) is 23.9 Å². The average Bonchev–Trinajstić information content (AvgIpc) is 2.69. The molecule has 0 saturated heterocycles. The molecule has 1 aromatic carbocycles. The van der Waals surface area contributed by atoms with Gasteiger partial charge in [0, 0.05) is 35.8 Å². The fourth-order valence-corrected chi connectivity index (χ4v) is 2.84. The molecule has 0 aliphatic rings. The van der Waals surface area contributed by atoms with E-state index >= 15 is 0 Å². The van der Waals surface area contributed by atoms with Gasteiger partial charge in [-0.15, -0.1) is 0 Å². The lowest BCUT2D eigenvalue weighted by molar-refractivity contribution is -0.138. The van der Waals surface area contributed by atoms with Gasteiger partial charge in [-0.05, 0) is 36.8 Å². The number of rotatable bonds is 5. The number of halogens is 4. The van der Waals surface area contributed by atoms with E-state index in [4.69, 9.17) is 0 Å². The Labute approximate surface area is 168 Å². The molecule has 2 N–H and O–H groups in total. The zero-order chi connectivity index (χ0) is 21.9. The molecular formula is C20H16F4N4O2. The van der Waals surface area contributed by atoms with Crippen LogP contribution in [0.5, 0.6) is 0 Å². The van der Waals surface area contributed by atoms with E-state index in [9.17, 15) is 27.2 Å². The van der Waals surface area contributed by atoms with Crippen LogP contribution in [0, 0.1) is 12.7 Å². The number of carbonyl (C=O) groups is 1. The quantitative estimate of drug-likeness (QED) is 0.621. The van der Waals surface area contributed by atoms with Crippen LogP contribution in [0.25, 0.3) is 11.4 Å². The number of nitrogens with zero attached hydrogens (tertiary/aromatic N) is 2. The average molecular weight is 420 g/mol. The van der Waals surface area contributed by atoms with Crippen LogP contribution in [0.4, 0.5) is 17.6 Å². The Bertz CT molecular complexity index is 1130. The SMILES string of the molecule is Cc1nc(-c2cccnc2)[nH]c(=O)c1CC(=O)NCc1ccc(F)cc1C(F)(F)F. The van der Waals surface area contributed by atoms with E-state index in [-0.39, 0.29) is 23.4 Å². The largest absolute Gasteiger partial charge is 0.416 e. The molecule has 0 aliphatic heterocycles. The predicted molar refractivity (Wildman–Crippen MR) is 99.8 cm³/mol. The fraction of sp³-hybridized carbons (Fsp3) is 0.200. The maximum Gasteiger partial charge on any atom is 0.416 e. The molecule has 156 valence electrons. The minimum absolute atomic E-state index is 0.0929. The van der Waals surface area contributed by atoms with Gasteiger partial charge in [0.05, 0.1) is 12.0 Å². The van der Waals surface area contributed by atoms with Crippen molar-refractivity contribution in [3.05, 3.63) is 81.3 Å². The van der Waals surface area contributed by atoms with Crippen molar-refractivity contribution in [3.63, 3.8) is 0 Å². The lowest BCUT2D eigenvalue weighted by atomic mass is 10.1. The first-order valence-corrected chi connectivity index (χ1v) is 8.77. The number of alkyl halides is 3. The lowest BCUT2D eigenvalue weighted by Crippen LogP contribution is -2.29. The van der Waals surface area contributed by atoms with Crippen molar-refractivity contribution in [1.82, 2.24) is 20.3 Å². The standard InChI is InChI=1S/C20H16F4N4O2/c1-11-15(19(30)28-18(27-11)13-3-2-6-25-9-13)8-17(29)26-10-12-4-5-14(21)7-16(12)20(22,23)24/h2-7,9H,8,10H2,1H3,(H,26,29)(H,27,28,30). The fourth-order valence-electron chi connectivity index (χ4n) is 2.84. The van der Waals surface area contributed by atoms with Crippen LogP contribution in [0.3, 0.4) is 0 Å². The van der Waals surface area contributed by atoms with Gasteiger partial charge in [-0.3, -0.25) is 14.6 Å². The van der Waals surface area contributed by atoms with E-state index in [1.165, 1.54) is 6.20 Å². The van der Waals surface area contributed by atoms with Crippen LogP contribution < -0.4 is 10.9 Å². The number of nitrogens with one attached hydrogen (secondary N) is 2. The minimum atomic E-state index is -4.76. The molecule has 0 saturated carbocycles. The van der Waals surface area contributed by atoms with Gasteiger partial charge in [-0.2, -0.15) is 13.2 Å². The third kappa shape index (κ3) is 4.88. The van der Waals surface area contributed by atoms with Crippen molar-refractivity contribution in [1.29, 1.82) is 0 Å². The summed E-state index contributed by atoms with van der Waals surface area (Å²) in [4.78, 5) is 35.4. The van der Waals surface area contributed by atoms with Gasteiger partial charge >= 0.3 is 6.18 Å². The van der Waals surface area contributed by atoms with Gasteiger partial charge in [0.1, 0.15) is 11.6 Å². The Hall–Kier alpha value is -3.56. The number of aryl methyl sites for hydroxylation is 1. The van der Waals surface area contributed by atoms with Crippen LogP contribution in [0.1, 0.15) is 22.4 Å². The second kappa shape index (κ2) is 8.44. The highest BCUT2D eigenvalue weighted by molar-refractivity contribution is 5.78. The van der Waals surface area contributed by atoms with Gasteiger partial charge < -0.3 is 10.3 Å². The highest BCUT2D eigenvalue weighted by atomic mass is 19.4. The number of hydrogen-bond acceptors (Lipinski definition) is 4. The molecule has 30 heavy (non-hydrogen) atoms. The zero-order valence-corrected chi connectivity index (χ0v) is 15.7. The van der Waals surface area contributed by atoms with Gasteiger partial charge in [0.2, 0.25) is 5.91 Å². The molecule has 2 heterocycles. The normalized spacial score (nSPS) is 11.4. The summed E-state index contributed by atoms with van der Waals surface area (Å²) in [6, 6.07) is 5.60. The van der Waals surface area contributed by atoms with E-state index < -0.39 is 35.6 Å². The summed E-state index contributed by atoms with van der Waals surface area (Å²) in [5.74, 6) is -1.41. The third-order valence-electron chi connectivity index (χ3n) is 4.35. The molecule has 6 nitrogen and oxygen atoms in total. The highest BCUT2D eigenvalue weighted by Gasteiger charge is 2.33. The van der Waals surface area contributed by atoms with Crippen molar-refractivity contribution in [2.45, 2.75) is 26.1 Å². The first-order chi connectivity index (χ1) is 14.1. The highest BCUT2D eigenvalue weighted by Crippen LogP contribution is 2.32. The number of hydrogen-bond donors (Lipinski definition) is 2. The molecule has 0 spiro atoms. The number of aromatic nitrogens is 3. The molecular weight excluding hydrogens is 404 g/mol. The molecule has 10 heteroatoms. The summed E-state index contributed by atoms with van der Waals surface area (Å²) in [6.45, 7) is 1.09. The molecule has 2 aromatic heterocycles. The molecule has 0 atom stereocenters. The van der Waals surface area contributed by atoms with Crippen molar-refractivity contribution in [3.8, 4) is 11.4 Å². The van der Waals surface area contributed by atoms with E-state index in [0.29, 0.717) is 17.3 Å². The Balaban J connectivity index is 1.74.